The van der Waals surface area contributed by atoms with Crippen LogP contribution in [0.4, 0.5) is 0 Å². The molecule has 1 fully saturated rings. The van der Waals surface area contributed by atoms with Crippen LogP contribution in [0.15, 0.2) is 0 Å². The molecular weight excluding hydrogens is 112 g/mol. The quantitative estimate of drug-likeness (QED) is 0.526. The SMILES string of the molecule is CCC1CCCOC1C. The van der Waals surface area contributed by atoms with Crippen LogP contribution in [0, 0.1) is 5.92 Å². The fourth-order valence-electron chi connectivity index (χ4n) is 1.52. The summed E-state index contributed by atoms with van der Waals surface area (Å²) in [6.07, 6.45) is 4.44. The van der Waals surface area contributed by atoms with Crippen LogP contribution in [0.2, 0.25) is 0 Å². The fourth-order valence-corrected chi connectivity index (χ4v) is 1.52. The normalized spacial score (nSPS) is 36.7. The lowest BCUT2D eigenvalue weighted by Crippen LogP contribution is -2.25. The Morgan fingerprint density at radius 1 is 1.56 bits per heavy atom. The highest BCUT2D eigenvalue weighted by Gasteiger charge is 2.19. The predicted molar refractivity (Wildman–Crippen MR) is 38.4 cm³/mol. The zero-order valence-corrected chi connectivity index (χ0v) is 6.39. The van der Waals surface area contributed by atoms with Crippen LogP contribution < -0.4 is 0 Å². The summed E-state index contributed by atoms with van der Waals surface area (Å²) in [4.78, 5) is 0. The smallest absolute Gasteiger partial charge is 0.0575 e. The number of ether oxygens (including phenoxy) is 1. The van der Waals surface area contributed by atoms with Crippen molar-refractivity contribution >= 4 is 0 Å². The van der Waals surface area contributed by atoms with Crippen molar-refractivity contribution in [3.63, 3.8) is 0 Å². The highest BCUT2D eigenvalue weighted by Crippen LogP contribution is 2.22. The Kier molecular flexibility index (Phi) is 2.52. The Bertz CT molecular complexity index is 80.6. The molecule has 54 valence electrons. The Labute approximate surface area is 57.4 Å². The zero-order valence-electron chi connectivity index (χ0n) is 6.39. The summed E-state index contributed by atoms with van der Waals surface area (Å²) in [5.41, 5.74) is 0. The molecule has 1 heteroatoms. The predicted octanol–water partition coefficient (Wildman–Crippen LogP) is 2.21. The zero-order chi connectivity index (χ0) is 6.69. The van der Waals surface area contributed by atoms with Crippen LogP contribution >= 0.6 is 0 Å². The Balaban J connectivity index is 2.30. The molecule has 0 radical (unpaired) electrons. The standard InChI is InChI=1S/C8H16O/c1-3-8-5-4-6-9-7(8)2/h7-8H,3-6H2,1-2H3. The average molecular weight is 128 g/mol. The average Bonchev–Trinajstić information content (AvgIpc) is 1.89. The molecule has 0 bridgehead atoms. The molecule has 0 saturated carbocycles. The van der Waals surface area contributed by atoms with Crippen LogP contribution in [0.5, 0.6) is 0 Å². The third-order valence-corrected chi connectivity index (χ3v) is 2.29. The molecular formula is C8H16O. The molecule has 1 rings (SSSR count). The number of hydrogen-bond donors (Lipinski definition) is 0. The van der Waals surface area contributed by atoms with Gasteiger partial charge in [-0.25, -0.2) is 0 Å². The van der Waals surface area contributed by atoms with Crippen molar-refractivity contribution < 1.29 is 4.74 Å². The van der Waals surface area contributed by atoms with Gasteiger partial charge in [-0.1, -0.05) is 13.3 Å². The second-order valence-electron chi connectivity index (χ2n) is 2.89. The van der Waals surface area contributed by atoms with Crippen molar-refractivity contribution in [2.24, 2.45) is 5.92 Å². The van der Waals surface area contributed by atoms with E-state index < -0.39 is 0 Å². The van der Waals surface area contributed by atoms with E-state index in [1.165, 1.54) is 19.3 Å². The van der Waals surface area contributed by atoms with E-state index in [-0.39, 0.29) is 0 Å². The highest BCUT2D eigenvalue weighted by molar-refractivity contribution is 4.68. The molecule has 9 heavy (non-hydrogen) atoms. The Morgan fingerprint density at radius 2 is 2.33 bits per heavy atom. The first-order valence-electron chi connectivity index (χ1n) is 3.96. The van der Waals surface area contributed by atoms with Gasteiger partial charge in [0.2, 0.25) is 0 Å². The van der Waals surface area contributed by atoms with E-state index in [0.29, 0.717) is 6.10 Å². The van der Waals surface area contributed by atoms with E-state index in [2.05, 4.69) is 13.8 Å². The molecule has 0 aromatic rings. The van der Waals surface area contributed by atoms with Gasteiger partial charge in [-0.15, -0.1) is 0 Å². The summed E-state index contributed by atoms with van der Waals surface area (Å²) in [5.74, 6) is 0.832. The van der Waals surface area contributed by atoms with E-state index in [0.717, 1.165) is 12.5 Å². The summed E-state index contributed by atoms with van der Waals surface area (Å²) in [7, 11) is 0. The molecule has 0 aromatic heterocycles. The summed E-state index contributed by atoms with van der Waals surface area (Å²) in [5, 5.41) is 0. The first kappa shape index (κ1) is 7.07. The van der Waals surface area contributed by atoms with Crippen LogP contribution in [0.3, 0.4) is 0 Å². The number of hydrogen-bond acceptors (Lipinski definition) is 1. The maximum absolute atomic E-state index is 5.48. The Hall–Kier alpha value is -0.0400. The van der Waals surface area contributed by atoms with Gasteiger partial charge in [0.15, 0.2) is 0 Å². The van der Waals surface area contributed by atoms with Crippen LogP contribution in [0.1, 0.15) is 33.1 Å². The molecule has 1 nitrogen and oxygen atoms in total. The molecule has 0 N–H and O–H groups in total. The third kappa shape index (κ3) is 1.68. The van der Waals surface area contributed by atoms with E-state index in [4.69, 9.17) is 4.74 Å². The van der Waals surface area contributed by atoms with Crippen molar-refractivity contribution in [1.29, 1.82) is 0 Å². The van der Waals surface area contributed by atoms with Gasteiger partial charge >= 0.3 is 0 Å². The molecule has 0 amide bonds. The lowest BCUT2D eigenvalue weighted by Gasteiger charge is -2.27. The van der Waals surface area contributed by atoms with Gasteiger partial charge in [-0.2, -0.15) is 0 Å². The minimum Gasteiger partial charge on any atom is -0.378 e. The monoisotopic (exact) mass is 128 g/mol. The summed E-state index contributed by atoms with van der Waals surface area (Å²) in [6, 6.07) is 0. The Morgan fingerprint density at radius 3 is 2.78 bits per heavy atom. The first-order chi connectivity index (χ1) is 4.34. The van der Waals surface area contributed by atoms with Gasteiger partial charge in [0.1, 0.15) is 0 Å². The van der Waals surface area contributed by atoms with Crippen LogP contribution in [-0.2, 0) is 4.74 Å². The van der Waals surface area contributed by atoms with Gasteiger partial charge in [0.05, 0.1) is 6.10 Å². The summed E-state index contributed by atoms with van der Waals surface area (Å²) in [6.45, 7) is 5.42. The fraction of sp³-hybridized carbons (Fsp3) is 1.00. The van der Waals surface area contributed by atoms with E-state index in [1.54, 1.807) is 0 Å². The molecule has 0 aromatic carbocycles. The molecule has 2 atom stereocenters. The minimum absolute atomic E-state index is 0.517. The van der Waals surface area contributed by atoms with E-state index >= 15 is 0 Å². The van der Waals surface area contributed by atoms with E-state index in [9.17, 15) is 0 Å². The van der Waals surface area contributed by atoms with Crippen LogP contribution in [0.25, 0.3) is 0 Å². The highest BCUT2D eigenvalue weighted by atomic mass is 16.5. The molecule has 2 unspecified atom stereocenters. The molecule has 1 saturated heterocycles. The van der Waals surface area contributed by atoms with Gasteiger partial charge < -0.3 is 4.74 Å². The molecule has 1 heterocycles. The molecule has 0 aliphatic carbocycles. The summed E-state index contributed by atoms with van der Waals surface area (Å²) < 4.78 is 5.48. The van der Waals surface area contributed by atoms with Gasteiger partial charge in [-0.3, -0.25) is 0 Å². The largest absolute Gasteiger partial charge is 0.378 e. The third-order valence-electron chi connectivity index (χ3n) is 2.29. The topological polar surface area (TPSA) is 9.23 Å². The van der Waals surface area contributed by atoms with Gasteiger partial charge in [0.25, 0.3) is 0 Å². The van der Waals surface area contributed by atoms with Crippen molar-refractivity contribution in [1.82, 2.24) is 0 Å². The molecule has 1 aliphatic rings. The minimum atomic E-state index is 0.517. The first-order valence-corrected chi connectivity index (χ1v) is 3.96. The van der Waals surface area contributed by atoms with Gasteiger partial charge in [0, 0.05) is 6.61 Å². The maximum atomic E-state index is 5.48. The van der Waals surface area contributed by atoms with Crippen molar-refractivity contribution in [2.75, 3.05) is 6.61 Å². The van der Waals surface area contributed by atoms with Crippen molar-refractivity contribution in [3.05, 3.63) is 0 Å². The second kappa shape index (κ2) is 3.21. The lowest BCUT2D eigenvalue weighted by molar-refractivity contribution is -0.0154. The van der Waals surface area contributed by atoms with Crippen LogP contribution in [-0.4, -0.2) is 12.7 Å². The number of rotatable bonds is 1. The maximum Gasteiger partial charge on any atom is 0.0575 e. The molecule has 1 aliphatic heterocycles. The molecule has 0 spiro atoms. The second-order valence-corrected chi connectivity index (χ2v) is 2.89. The van der Waals surface area contributed by atoms with Crippen molar-refractivity contribution in [2.45, 2.75) is 39.2 Å². The lowest BCUT2D eigenvalue weighted by atomic mass is 9.93. The van der Waals surface area contributed by atoms with Crippen molar-refractivity contribution in [3.8, 4) is 0 Å². The van der Waals surface area contributed by atoms with Gasteiger partial charge in [-0.05, 0) is 25.7 Å². The summed E-state index contributed by atoms with van der Waals surface area (Å²) >= 11 is 0. The van der Waals surface area contributed by atoms with E-state index in [1.807, 2.05) is 0 Å².